The number of ether oxygens (including phenoxy) is 1. The van der Waals surface area contributed by atoms with Gasteiger partial charge in [-0.2, -0.15) is 0 Å². The van der Waals surface area contributed by atoms with Crippen LogP contribution in [0.2, 0.25) is 0 Å². The van der Waals surface area contributed by atoms with Gasteiger partial charge in [0, 0.05) is 32.0 Å². The van der Waals surface area contributed by atoms with Crippen molar-refractivity contribution < 1.29 is 23.9 Å². The summed E-state index contributed by atoms with van der Waals surface area (Å²) in [4.78, 5) is 53.5. The molecule has 3 aliphatic rings. The number of carbonyl (C=O) groups excluding carboxylic acids is 4. The minimum atomic E-state index is -0.829. The summed E-state index contributed by atoms with van der Waals surface area (Å²) in [5, 5.41) is 11.6. The summed E-state index contributed by atoms with van der Waals surface area (Å²) in [5.41, 5.74) is 2.00. The number of rotatable bonds is 17. The Morgan fingerprint density at radius 2 is 1.62 bits per heavy atom. The zero-order valence-electron chi connectivity index (χ0n) is 25.2. The molecule has 1 aromatic rings. The number of carbonyl (C=O) groups is 4. The number of anilines is 3. The molecule has 4 N–H and O–H groups in total. The molecule has 2 fully saturated rings. The molecule has 1 saturated carbocycles. The first-order valence-electron chi connectivity index (χ1n) is 16.2. The summed E-state index contributed by atoms with van der Waals surface area (Å²) in [7, 11) is 0. The Kier molecular flexibility index (Phi) is 12.5. The molecule has 10 heteroatoms. The molecule has 1 atom stereocenters. The molecule has 0 aromatic heterocycles. The summed E-state index contributed by atoms with van der Waals surface area (Å²) in [6, 6.07) is 2.59. The van der Waals surface area contributed by atoms with Gasteiger partial charge < -0.3 is 30.9 Å². The molecule has 4 amide bonds. The molecule has 42 heavy (non-hydrogen) atoms. The van der Waals surface area contributed by atoms with Crippen LogP contribution in [0.15, 0.2) is 12.1 Å². The van der Waals surface area contributed by atoms with E-state index < -0.39 is 6.04 Å². The van der Waals surface area contributed by atoms with Gasteiger partial charge in [0.2, 0.25) is 17.7 Å². The van der Waals surface area contributed by atoms with Crippen LogP contribution in [0, 0.1) is 5.92 Å². The zero-order chi connectivity index (χ0) is 29.7. The quantitative estimate of drug-likeness (QED) is 0.196. The van der Waals surface area contributed by atoms with Gasteiger partial charge in [0.15, 0.2) is 0 Å². The molecule has 0 spiro atoms. The van der Waals surface area contributed by atoms with Crippen LogP contribution in [0.5, 0.6) is 0 Å². The van der Waals surface area contributed by atoms with Crippen molar-refractivity contribution in [3.05, 3.63) is 17.7 Å². The monoisotopic (exact) mass is 583 g/mol. The number of fused-ring (bicyclic) bond motifs is 1. The Morgan fingerprint density at radius 1 is 0.952 bits per heavy atom. The number of nitrogens with one attached hydrogen (secondary N) is 4. The minimum Gasteiger partial charge on any atom is -0.378 e. The number of hydrogen-bond donors (Lipinski definition) is 4. The molecule has 0 radical (unpaired) electrons. The highest BCUT2D eigenvalue weighted by molar-refractivity contribution is 6.12. The maximum absolute atomic E-state index is 13.2. The van der Waals surface area contributed by atoms with Gasteiger partial charge in [0.05, 0.1) is 35.8 Å². The molecule has 0 bridgehead atoms. The lowest BCUT2D eigenvalue weighted by molar-refractivity contribution is -0.122. The Balaban J connectivity index is 1.24. The van der Waals surface area contributed by atoms with Crippen LogP contribution in [0.25, 0.3) is 0 Å². The molecule has 10 nitrogen and oxygen atoms in total. The van der Waals surface area contributed by atoms with Crippen molar-refractivity contribution in [3.63, 3.8) is 0 Å². The fourth-order valence-corrected chi connectivity index (χ4v) is 5.55. The van der Waals surface area contributed by atoms with Crippen LogP contribution >= 0.6 is 0 Å². The summed E-state index contributed by atoms with van der Waals surface area (Å²) in [6.45, 7) is 5.24. The predicted molar refractivity (Wildman–Crippen MR) is 165 cm³/mol. The highest BCUT2D eigenvalue weighted by atomic mass is 16.5. The summed E-state index contributed by atoms with van der Waals surface area (Å²) in [6.07, 6.45) is 14.5. The third kappa shape index (κ3) is 9.71. The van der Waals surface area contributed by atoms with E-state index in [0.29, 0.717) is 49.8 Å². The molecule has 1 aliphatic carbocycles. The lowest BCUT2D eigenvalue weighted by atomic mass is 10.1. The van der Waals surface area contributed by atoms with Crippen molar-refractivity contribution in [1.29, 1.82) is 0 Å². The van der Waals surface area contributed by atoms with Crippen LogP contribution < -0.4 is 26.2 Å². The number of nitrogens with zero attached hydrogens (tertiary/aromatic N) is 1. The lowest BCUT2D eigenvalue weighted by Gasteiger charge is -2.31. The van der Waals surface area contributed by atoms with E-state index in [1.165, 1.54) is 51.4 Å². The van der Waals surface area contributed by atoms with E-state index >= 15 is 0 Å². The molecule has 2 heterocycles. The van der Waals surface area contributed by atoms with Crippen LogP contribution in [-0.2, 0) is 19.1 Å². The predicted octanol–water partition coefficient (Wildman–Crippen LogP) is 4.74. The topological polar surface area (TPSA) is 129 Å². The second-order valence-electron chi connectivity index (χ2n) is 11.9. The third-order valence-corrected chi connectivity index (χ3v) is 8.33. The number of unbranched alkanes of at least 4 members (excludes halogenated alkanes) is 9. The van der Waals surface area contributed by atoms with E-state index in [-0.39, 0.29) is 42.4 Å². The van der Waals surface area contributed by atoms with E-state index in [1.54, 1.807) is 12.1 Å². The number of benzene rings is 1. The third-order valence-electron chi connectivity index (χ3n) is 8.33. The van der Waals surface area contributed by atoms with Gasteiger partial charge in [-0.3, -0.25) is 19.2 Å². The maximum Gasteiger partial charge on any atom is 0.254 e. The first kappa shape index (κ1) is 31.8. The molecule has 1 saturated heterocycles. The molecular formula is C32H49N5O5. The van der Waals surface area contributed by atoms with Crippen molar-refractivity contribution in [2.75, 3.05) is 48.4 Å². The van der Waals surface area contributed by atoms with Crippen LogP contribution in [-0.4, -0.2) is 62.5 Å². The molecule has 0 unspecified atom stereocenters. The van der Waals surface area contributed by atoms with E-state index in [4.69, 9.17) is 4.74 Å². The fraction of sp³-hybridized carbons (Fsp3) is 0.688. The Hall–Kier alpha value is -3.14. The van der Waals surface area contributed by atoms with E-state index in [0.717, 1.165) is 31.4 Å². The number of amides is 4. The summed E-state index contributed by atoms with van der Waals surface area (Å²) in [5.74, 6) is -0.901. The van der Waals surface area contributed by atoms with Crippen LogP contribution in [0.1, 0.15) is 107 Å². The van der Waals surface area contributed by atoms with Crippen molar-refractivity contribution in [2.24, 2.45) is 5.92 Å². The van der Waals surface area contributed by atoms with Gasteiger partial charge in [0.1, 0.15) is 6.04 Å². The van der Waals surface area contributed by atoms with Gasteiger partial charge in [-0.15, -0.1) is 0 Å². The van der Waals surface area contributed by atoms with Crippen molar-refractivity contribution in [1.82, 2.24) is 10.6 Å². The maximum atomic E-state index is 13.2. The Bertz CT molecular complexity index is 1080. The number of morpholine rings is 1. The first-order chi connectivity index (χ1) is 20.5. The normalized spacial score (nSPS) is 18.5. The lowest BCUT2D eigenvalue weighted by Crippen LogP contribution is -2.42. The zero-order valence-corrected chi connectivity index (χ0v) is 25.2. The minimum absolute atomic E-state index is 0.0138. The van der Waals surface area contributed by atoms with E-state index in [9.17, 15) is 19.2 Å². The average molecular weight is 584 g/mol. The second-order valence-corrected chi connectivity index (χ2v) is 11.9. The van der Waals surface area contributed by atoms with Crippen molar-refractivity contribution in [3.8, 4) is 0 Å². The van der Waals surface area contributed by atoms with Crippen LogP contribution in [0.3, 0.4) is 0 Å². The van der Waals surface area contributed by atoms with Gasteiger partial charge in [0.25, 0.3) is 5.91 Å². The molecular weight excluding hydrogens is 534 g/mol. The fourth-order valence-electron chi connectivity index (χ4n) is 5.55. The molecule has 1 aromatic carbocycles. The van der Waals surface area contributed by atoms with Gasteiger partial charge in [-0.1, -0.05) is 64.7 Å². The standard InChI is InChI=1S/C32H49N5O5/c1-2-3-4-5-6-7-8-9-10-11-16-33-29(38)15-14-25-32(41)35-26-22-27(36-30(39)23-12-13-23)28(21-24(26)31(40)34-25)37-17-19-42-20-18-37/h21-23,25H,2-20H2,1H3,(H,33,38)(H,34,40)(H,35,41)(H,36,39)/t25-/m1/s1. The average Bonchev–Trinajstić information content (AvgIpc) is 3.85. The van der Waals surface area contributed by atoms with Gasteiger partial charge in [-0.05, 0) is 37.8 Å². The molecule has 2 aliphatic heterocycles. The first-order valence-corrected chi connectivity index (χ1v) is 16.2. The highest BCUT2D eigenvalue weighted by Gasteiger charge is 2.33. The van der Waals surface area contributed by atoms with Gasteiger partial charge in [-0.25, -0.2) is 0 Å². The second kappa shape index (κ2) is 16.5. The van der Waals surface area contributed by atoms with Crippen molar-refractivity contribution in [2.45, 2.75) is 103 Å². The smallest absolute Gasteiger partial charge is 0.254 e. The SMILES string of the molecule is CCCCCCCCCCCCNC(=O)CC[C@H]1NC(=O)c2cc(N3CCOCC3)c(NC(=O)C3CC3)cc2NC1=O. The molecule has 232 valence electrons. The van der Waals surface area contributed by atoms with Crippen molar-refractivity contribution >= 4 is 40.7 Å². The molecule has 4 rings (SSSR count). The van der Waals surface area contributed by atoms with E-state index in [2.05, 4.69) is 33.1 Å². The van der Waals surface area contributed by atoms with E-state index in [1.807, 2.05) is 0 Å². The Labute approximate surface area is 250 Å². The Morgan fingerprint density at radius 3 is 2.29 bits per heavy atom. The van der Waals surface area contributed by atoms with Crippen LogP contribution in [0.4, 0.5) is 17.1 Å². The number of hydrogen-bond acceptors (Lipinski definition) is 6. The highest BCUT2D eigenvalue weighted by Crippen LogP contribution is 2.37. The van der Waals surface area contributed by atoms with Gasteiger partial charge >= 0.3 is 0 Å². The largest absolute Gasteiger partial charge is 0.378 e. The summed E-state index contributed by atoms with van der Waals surface area (Å²) >= 11 is 0. The summed E-state index contributed by atoms with van der Waals surface area (Å²) < 4.78 is 5.48.